The van der Waals surface area contributed by atoms with Gasteiger partial charge in [-0.1, -0.05) is 24.3 Å². The monoisotopic (exact) mass is 515 g/mol. The van der Waals surface area contributed by atoms with Crippen LogP contribution in [0.4, 0.5) is 5.69 Å². The number of aryl methyl sites for hydroxylation is 1. The van der Waals surface area contributed by atoms with Crippen LogP contribution in [0, 0.1) is 13.8 Å². The first-order chi connectivity index (χ1) is 13.8. The molecular formula is C23H19Br2NO3. The smallest absolute Gasteiger partial charge is 0.335 e. The average molecular weight is 517 g/mol. The summed E-state index contributed by atoms with van der Waals surface area (Å²) in [5, 5.41) is 8.97. The molecule has 0 aliphatic heterocycles. The number of aliphatic imine (C=N–C) groups is 1. The van der Waals surface area contributed by atoms with Gasteiger partial charge in [-0.05, 0) is 98.3 Å². The molecule has 0 aliphatic carbocycles. The number of hydrogen-bond acceptors (Lipinski definition) is 3. The van der Waals surface area contributed by atoms with Crippen LogP contribution >= 0.6 is 31.9 Å². The van der Waals surface area contributed by atoms with Crippen molar-refractivity contribution in [3.05, 3.63) is 91.4 Å². The minimum absolute atomic E-state index is 0.253. The van der Waals surface area contributed by atoms with Gasteiger partial charge in [0.15, 0.2) is 0 Å². The largest absolute Gasteiger partial charge is 0.487 e. The summed E-state index contributed by atoms with van der Waals surface area (Å²) < 4.78 is 7.53. The SMILES string of the molecule is Cc1cccc(N=Cc2cc(Br)c(OCc3ccc(C(=O)O)cc3)c(Br)c2)c1C. The van der Waals surface area contributed by atoms with Crippen molar-refractivity contribution in [2.45, 2.75) is 20.5 Å². The molecule has 0 amide bonds. The lowest BCUT2D eigenvalue weighted by Gasteiger charge is -2.11. The molecule has 148 valence electrons. The lowest BCUT2D eigenvalue weighted by Crippen LogP contribution is -2.00. The van der Waals surface area contributed by atoms with Gasteiger partial charge in [0.2, 0.25) is 0 Å². The van der Waals surface area contributed by atoms with Crippen LogP contribution in [0.15, 0.2) is 68.5 Å². The number of carboxylic acids is 1. The summed E-state index contributed by atoms with van der Waals surface area (Å²) in [6.07, 6.45) is 1.83. The molecule has 3 rings (SSSR count). The molecule has 0 heterocycles. The van der Waals surface area contributed by atoms with E-state index in [4.69, 9.17) is 9.84 Å². The van der Waals surface area contributed by atoms with Gasteiger partial charge in [0, 0.05) is 6.21 Å². The second kappa shape index (κ2) is 9.37. The fraction of sp³-hybridized carbons (Fsp3) is 0.130. The quantitative estimate of drug-likeness (QED) is 0.364. The molecule has 0 fully saturated rings. The Morgan fingerprint density at radius 3 is 2.34 bits per heavy atom. The first-order valence-electron chi connectivity index (χ1n) is 8.89. The van der Waals surface area contributed by atoms with Crippen LogP contribution in [0.1, 0.15) is 32.6 Å². The second-order valence-corrected chi connectivity index (χ2v) is 8.29. The molecule has 3 aromatic carbocycles. The van der Waals surface area contributed by atoms with Gasteiger partial charge in [-0.25, -0.2) is 4.79 Å². The fourth-order valence-corrected chi connectivity index (χ4v) is 4.16. The van der Waals surface area contributed by atoms with Crippen molar-refractivity contribution < 1.29 is 14.6 Å². The first-order valence-corrected chi connectivity index (χ1v) is 10.5. The van der Waals surface area contributed by atoms with Crippen LogP contribution < -0.4 is 4.74 Å². The van der Waals surface area contributed by atoms with Crippen molar-refractivity contribution in [2.24, 2.45) is 4.99 Å². The van der Waals surface area contributed by atoms with Gasteiger partial charge in [-0.15, -0.1) is 0 Å². The molecule has 3 aromatic rings. The van der Waals surface area contributed by atoms with E-state index in [1.807, 2.05) is 30.5 Å². The lowest BCUT2D eigenvalue weighted by atomic mass is 10.1. The summed E-state index contributed by atoms with van der Waals surface area (Å²) >= 11 is 7.12. The summed E-state index contributed by atoms with van der Waals surface area (Å²) in [5.74, 6) is -0.266. The molecule has 6 heteroatoms. The standard InChI is InChI=1S/C23H19Br2NO3/c1-14-4-3-5-21(15(14)2)26-12-17-10-19(24)22(20(25)11-17)29-13-16-6-8-18(9-7-16)23(27)28/h3-12H,13H2,1-2H3,(H,27,28). The molecule has 0 bridgehead atoms. The maximum Gasteiger partial charge on any atom is 0.335 e. The zero-order valence-electron chi connectivity index (χ0n) is 15.9. The fourth-order valence-electron chi connectivity index (χ4n) is 2.71. The predicted molar refractivity (Wildman–Crippen MR) is 123 cm³/mol. The third kappa shape index (κ3) is 5.34. The van der Waals surface area contributed by atoms with Crippen LogP contribution in [0.5, 0.6) is 5.75 Å². The number of carboxylic acid groups (broad SMARTS) is 1. The van der Waals surface area contributed by atoms with Crippen molar-refractivity contribution in [2.75, 3.05) is 0 Å². The molecule has 29 heavy (non-hydrogen) atoms. The first kappa shape index (κ1) is 21.3. The van der Waals surface area contributed by atoms with E-state index in [-0.39, 0.29) is 5.56 Å². The molecule has 0 saturated carbocycles. The zero-order chi connectivity index (χ0) is 21.0. The molecule has 0 radical (unpaired) electrons. The Morgan fingerprint density at radius 1 is 1.07 bits per heavy atom. The molecule has 1 N–H and O–H groups in total. The van der Waals surface area contributed by atoms with Gasteiger partial charge in [-0.2, -0.15) is 0 Å². The van der Waals surface area contributed by atoms with E-state index >= 15 is 0 Å². The number of halogens is 2. The number of benzene rings is 3. The number of ether oxygens (including phenoxy) is 1. The Bertz CT molecular complexity index is 1050. The Balaban J connectivity index is 1.74. The number of hydrogen-bond donors (Lipinski definition) is 1. The van der Waals surface area contributed by atoms with Crippen molar-refractivity contribution in [1.29, 1.82) is 0 Å². The van der Waals surface area contributed by atoms with Gasteiger partial charge in [0.1, 0.15) is 12.4 Å². The van der Waals surface area contributed by atoms with E-state index < -0.39 is 5.97 Å². The minimum atomic E-state index is -0.943. The maximum atomic E-state index is 10.9. The van der Waals surface area contributed by atoms with Crippen LogP contribution in [0.2, 0.25) is 0 Å². The van der Waals surface area contributed by atoms with E-state index in [0.717, 1.165) is 31.3 Å². The van der Waals surface area contributed by atoms with Crippen molar-refractivity contribution >= 4 is 49.7 Å². The zero-order valence-corrected chi connectivity index (χ0v) is 19.1. The molecule has 0 spiro atoms. The predicted octanol–water partition coefficient (Wildman–Crippen LogP) is 6.86. The van der Waals surface area contributed by atoms with Gasteiger partial charge < -0.3 is 9.84 Å². The summed E-state index contributed by atoms with van der Waals surface area (Å²) in [6.45, 7) is 4.46. The normalized spacial score (nSPS) is 11.0. The second-order valence-electron chi connectivity index (χ2n) is 6.58. The number of rotatable bonds is 6. The van der Waals surface area contributed by atoms with Crippen molar-refractivity contribution in [3.8, 4) is 5.75 Å². The maximum absolute atomic E-state index is 10.9. The van der Waals surface area contributed by atoms with E-state index in [1.54, 1.807) is 24.3 Å². The summed E-state index contributed by atoms with van der Waals surface area (Å²) in [5.41, 5.74) is 5.39. The highest BCUT2D eigenvalue weighted by atomic mass is 79.9. The molecule has 0 saturated heterocycles. The Hall–Kier alpha value is -2.44. The number of carbonyl (C=O) groups is 1. The van der Waals surface area contributed by atoms with Crippen LogP contribution in [0.25, 0.3) is 0 Å². The lowest BCUT2D eigenvalue weighted by molar-refractivity contribution is 0.0697. The number of aromatic carboxylic acids is 1. The summed E-state index contributed by atoms with van der Waals surface area (Å²) in [4.78, 5) is 15.5. The Kier molecular flexibility index (Phi) is 6.87. The molecule has 0 aromatic heterocycles. The van der Waals surface area contributed by atoms with Crippen molar-refractivity contribution in [3.63, 3.8) is 0 Å². The highest BCUT2D eigenvalue weighted by Gasteiger charge is 2.10. The Morgan fingerprint density at radius 2 is 1.72 bits per heavy atom. The van der Waals surface area contributed by atoms with Crippen molar-refractivity contribution in [1.82, 2.24) is 0 Å². The average Bonchev–Trinajstić information content (AvgIpc) is 2.69. The molecule has 4 nitrogen and oxygen atoms in total. The van der Waals surface area contributed by atoms with E-state index in [2.05, 4.69) is 56.8 Å². The van der Waals surface area contributed by atoms with Crippen LogP contribution in [0.3, 0.4) is 0 Å². The minimum Gasteiger partial charge on any atom is -0.487 e. The van der Waals surface area contributed by atoms with Gasteiger partial charge in [0.05, 0.1) is 20.2 Å². The number of nitrogens with zero attached hydrogens (tertiary/aromatic N) is 1. The van der Waals surface area contributed by atoms with E-state index in [9.17, 15) is 4.79 Å². The summed E-state index contributed by atoms with van der Waals surface area (Å²) in [7, 11) is 0. The molecule has 0 atom stereocenters. The van der Waals surface area contributed by atoms with E-state index in [1.165, 1.54) is 5.56 Å². The van der Waals surface area contributed by atoms with Gasteiger partial charge >= 0.3 is 5.97 Å². The molecule has 0 aliphatic rings. The van der Waals surface area contributed by atoms with E-state index in [0.29, 0.717) is 12.4 Å². The Labute approximate surface area is 186 Å². The van der Waals surface area contributed by atoms with Gasteiger partial charge in [-0.3, -0.25) is 4.99 Å². The highest BCUT2D eigenvalue weighted by molar-refractivity contribution is 9.11. The highest BCUT2D eigenvalue weighted by Crippen LogP contribution is 2.35. The van der Waals surface area contributed by atoms with Crippen LogP contribution in [-0.2, 0) is 6.61 Å². The molecular weight excluding hydrogens is 498 g/mol. The third-order valence-electron chi connectivity index (χ3n) is 4.53. The third-order valence-corrected chi connectivity index (χ3v) is 5.71. The van der Waals surface area contributed by atoms with Gasteiger partial charge in [0.25, 0.3) is 0 Å². The molecule has 0 unspecified atom stereocenters. The van der Waals surface area contributed by atoms with Crippen LogP contribution in [-0.4, -0.2) is 17.3 Å². The summed E-state index contributed by atoms with van der Waals surface area (Å²) in [6, 6.07) is 16.6. The topological polar surface area (TPSA) is 58.9 Å².